The molecule has 0 radical (unpaired) electrons. The van der Waals surface area contributed by atoms with Crippen molar-refractivity contribution in [2.24, 2.45) is 17.6 Å². The number of carbonyl (C=O) groups excluding carboxylic acids is 1. The number of rotatable bonds is 12. The average Bonchev–Trinajstić information content (AvgIpc) is 2.62. The molecule has 0 aliphatic carbocycles. The van der Waals surface area contributed by atoms with Crippen molar-refractivity contribution in [3.8, 4) is 5.75 Å². The highest BCUT2D eigenvalue weighted by Crippen LogP contribution is 2.19. The minimum atomic E-state index is -0.666. The predicted octanol–water partition coefficient (Wildman–Crippen LogP) is 2.89. The van der Waals surface area contributed by atoms with Crippen LogP contribution in [0.5, 0.6) is 5.75 Å². The fourth-order valence-electron chi connectivity index (χ4n) is 3.08. The zero-order valence-corrected chi connectivity index (χ0v) is 16.7. The lowest BCUT2D eigenvalue weighted by Crippen LogP contribution is -2.40. The Balaban J connectivity index is 2.39. The molecule has 5 nitrogen and oxygen atoms in total. The fraction of sp³-hybridized carbons (Fsp3) is 0.667. The number of aliphatic hydroxyl groups excluding tert-OH is 1. The Bertz CT molecular complexity index is 518. The van der Waals surface area contributed by atoms with Gasteiger partial charge in [0.2, 0.25) is 5.91 Å². The van der Waals surface area contributed by atoms with Gasteiger partial charge in [-0.25, -0.2) is 0 Å². The molecule has 4 atom stereocenters. The molecule has 0 saturated carbocycles. The van der Waals surface area contributed by atoms with Crippen LogP contribution in [0.25, 0.3) is 0 Å². The Hall–Kier alpha value is -1.59. The maximum absolute atomic E-state index is 12.0. The van der Waals surface area contributed by atoms with E-state index in [9.17, 15) is 9.90 Å². The second kappa shape index (κ2) is 11.9. The molecule has 0 aliphatic rings. The van der Waals surface area contributed by atoms with Gasteiger partial charge in [-0.05, 0) is 49.3 Å². The van der Waals surface area contributed by atoms with Crippen molar-refractivity contribution < 1.29 is 14.6 Å². The van der Waals surface area contributed by atoms with Gasteiger partial charge in [-0.1, -0.05) is 39.3 Å². The lowest BCUT2D eigenvalue weighted by molar-refractivity contribution is -0.125. The first-order valence-corrected chi connectivity index (χ1v) is 9.71. The van der Waals surface area contributed by atoms with Crippen molar-refractivity contribution in [3.05, 3.63) is 29.8 Å². The highest BCUT2D eigenvalue weighted by atomic mass is 16.5. The zero-order chi connectivity index (χ0) is 19.5. The number of nitrogens with two attached hydrogens (primary N) is 1. The van der Waals surface area contributed by atoms with E-state index in [-0.39, 0.29) is 17.9 Å². The van der Waals surface area contributed by atoms with E-state index in [1.54, 1.807) is 7.11 Å². The molecule has 0 spiro atoms. The van der Waals surface area contributed by atoms with Crippen molar-refractivity contribution in [2.75, 3.05) is 13.7 Å². The summed E-state index contributed by atoms with van der Waals surface area (Å²) in [6.45, 7) is 6.77. The second-order valence-electron chi connectivity index (χ2n) is 7.41. The van der Waals surface area contributed by atoms with Crippen LogP contribution in [0, 0.1) is 11.8 Å². The van der Waals surface area contributed by atoms with Crippen LogP contribution in [-0.2, 0) is 11.2 Å². The van der Waals surface area contributed by atoms with Gasteiger partial charge >= 0.3 is 0 Å². The van der Waals surface area contributed by atoms with E-state index in [4.69, 9.17) is 10.5 Å². The van der Waals surface area contributed by atoms with Crippen LogP contribution in [0.3, 0.4) is 0 Å². The highest BCUT2D eigenvalue weighted by molar-refractivity contribution is 5.78. The molecule has 5 heteroatoms. The highest BCUT2D eigenvalue weighted by Gasteiger charge is 2.23. The van der Waals surface area contributed by atoms with E-state index < -0.39 is 6.10 Å². The number of carbonyl (C=O) groups is 1. The van der Waals surface area contributed by atoms with E-state index in [1.165, 1.54) is 5.56 Å². The van der Waals surface area contributed by atoms with Gasteiger partial charge < -0.3 is 20.9 Å². The summed E-state index contributed by atoms with van der Waals surface area (Å²) >= 11 is 0. The smallest absolute Gasteiger partial charge is 0.222 e. The van der Waals surface area contributed by atoms with Crippen LogP contribution in [0.4, 0.5) is 0 Å². The molecule has 1 amide bonds. The molecule has 0 heterocycles. The number of amides is 1. The number of aliphatic hydroxyl groups is 1. The summed E-state index contributed by atoms with van der Waals surface area (Å²) in [5, 5.41) is 13.3. The second-order valence-corrected chi connectivity index (χ2v) is 7.41. The van der Waals surface area contributed by atoms with Gasteiger partial charge in [0, 0.05) is 18.5 Å². The summed E-state index contributed by atoms with van der Waals surface area (Å²) in [6, 6.07) is 7.69. The van der Waals surface area contributed by atoms with Gasteiger partial charge in [0.25, 0.3) is 0 Å². The largest absolute Gasteiger partial charge is 0.497 e. The van der Waals surface area contributed by atoms with E-state index in [1.807, 2.05) is 19.1 Å². The van der Waals surface area contributed by atoms with Gasteiger partial charge in [0.15, 0.2) is 0 Å². The van der Waals surface area contributed by atoms with Crippen LogP contribution >= 0.6 is 0 Å². The Morgan fingerprint density at radius 2 is 1.88 bits per heavy atom. The van der Waals surface area contributed by atoms with E-state index in [2.05, 4.69) is 31.3 Å². The quantitative estimate of drug-likeness (QED) is 0.498. The molecular formula is C21H36N2O3. The lowest BCUT2D eigenvalue weighted by atomic mass is 9.89. The molecule has 0 aliphatic heterocycles. The first-order valence-electron chi connectivity index (χ1n) is 9.71. The topological polar surface area (TPSA) is 84.6 Å². The predicted molar refractivity (Wildman–Crippen MR) is 106 cm³/mol. The molecule has 0 unspecified atom stereocenters. The van der Waals surface area contributed by atoms with Gasteiger partial charge in [-0.2, -0.15) is 0 Å². The van der Waals surface area contributed by atoms with Gasteiger partial charge in [0.1, 0.15) is 5.75 Å². The molecule has 26 heavy (non-hydrogen) atoms. The number of methoxy groups -OCH3 is 1. The number of benzene rings is 1. The number of unbranched alkanes of at least 4 members (excludes halogenated alkanes) is 1. The van der Waals surface area contributed by atoms with E-state index >= 15 is 0 Å². The number of nitrogens with one attached hydrogen (secondary N) is 1. The third-order valence-corrected chi connectivity index (χ3v) is 4.78. The average molecular weight is 365 g/mol. The molecule has 1 rings (SSSR count). The first kappa shape index (κ1) is 22.5. The molecule has 4 N–H and O–H groups in total. The summed E-state index contributed by atoms with van der Waals surface area (Å²) in [6.07, 6.45) is 3.38. The van der Waals surface area contributed by atoms with Crippen molar-refractivity contribution in [1.82, 2.24) is 5.32 Å². The van der Waals surface area contributed by atoms with Gasteiger partial charge in [0.05, 0.1) is 13.2 Å². The maximum atomic E-state index is 12.0. The SMILES string of the molecule is CCCCNC(=O)[C@H](C)C[C@H](O)[C@@H](N)C[C@@H](C)Cc1ccc(OC)cc1. The lowest BCUT2D eigenvalue weighted by Gasteiger charge is -2.24. The Kier molecular flexibility index (Phi) is 10.3. The maximum Gasteiger partial charge on any atom is 0.222 e. The normalized spacial score (nSPS) is 15.8. The summed E-state index contributed by atoms with van der Waals surface area (Å²) in [4.78, 5) is 12.0. The van der Waals surface area contributed by atoms with Crippen molar-refractivity contribution in [2.45, 2.75) is 65.0 Å². The number of hydrogen-bond acceptors (Lipinski definition) is 4. The molecule has 1 aromatic carbocycles. The van der Waals surface area contributed by atoms with Crippen LogP contribution in [0.15, 0.2) is 24.3 Å². The van der Waals surface area contributed by atoms with Crippen LogP contribution in [0.2, 0.25) is 0 Å². The summed E-state index contributed by atoms with van der Waals surface area (Å²) in [5.74, 6) is 0.960. The van der Waals surface area contributed by atoms with Crippen molar-refractivity contribution in [1.29, 1.82) is 0 Å². The van der Waals surface area contributed by atoms with E-state index in [0.29, 0.717) is 18.9 Å². The summed E-state index contributed by atoms with van der Waals surface area (Å²) < 4.78 is 5.17. The minimum Gasteiger partial charge on any atom is -0.497 e. The molecule has 1 aromatic rings. The van der Waals surface area contributed by atoms with Gasteiger partial charge in [-0.3, -0.25) is 4.79 Å². The fourth-order valence-corrected chi connectivity index (χ4v) is 3.08. The standard InChI is InChI=1S/C21H36N2O3/c1-5-6-11-23-21(25)16(3)14-20(24)19(22)13-15(2)12-17-7-9-18(26-4)10-8-17/h7-10,15-16,19-20,24H,5-6,11-14,22H2,1-4H3,(H,23,25)/t15-,16+,19-,20-/m0/s1. The number of ether oxygens (including phenoxy) is 1. The molecule has 0 saturated heterocycles. The minimum absolute atomic E-state index is 0.00372. The van der Waals surface area contributed by atoms with Crippen LogP contribution < -0.4 is 15.8 Å². The molecule has 0 aromatic heterocycles. The van der Waals surface area contributed by atoms with Crippen LogP contribution in [0.1, 0.15) is 52.0 Å². The van der Waals surface area contributed by atoms with E-state index in [0.717, 1.165) is 31.4 Å². The third kappa shape index (κ3) is 8.19. The van der Waals surface area contributed by atoms with Crippen molar-refractivity contribution in [3.63, 3.8) is 0 Å². The number of hydrogen-bond donors (Lipinski definition) is 3. The molecule has 148 valence electrons. The Morgan fingerprint density at radius 1 is 1.23 bits per heavy atom. The molecule has 0 fully saturated rings. The summed E-state index contributed by atoms with van der Waals surface area (Å²) in [7, 11) is 1.66. The van der Waals surface area contributed by atoms with Gasteiger partial charge in [-0.15, -0.1) is 0 Å². The van der Waals surface area contributed by atoms with Crippen LogP contribution in [-0.4, -0.2) is 36.8 Å². The molecular weight excluding hydrogens is 328 g/mol. The summed E-state index contributed by atoms with van der Waals surface area (Å²) in [5.41, 5.74) is 7.41. The molecule has 0 bridgehead atoms. The zero-order valence-electron chi connectivity index (χ0n) is 16.7. The van der Waals surface area contributed by atoms with Crippen molar-refractivity contribution >= 4 is 5.91 Å². The third-order valence-electron chi connectivity index (χ3n) is 4.78. The Labute approximate surface area is 158 Å². The Morgan fingerprint density at radius 3 is 2.46 bits per heavy atom. The first-order chi connectivity index (χ1) is 12.4. The monoisotopic (exact) mass is 364 g/mol.